The molecule has 2 aromatic rings. The number of carbonyl (C=O) groups is 1. The predicted molar refractivity (Wildman–Crippen MR) is 72.4 cm³/mol. The van der Waals surface area contributed by atoms with Crippen LogP contribution in [0.3, 0.4) is 0 Å². The number of nitro benzene ring substituents is 1. The highest BCUT2D eigenvalue weighted by Crippen LogP contribution is 2.29. The van der Waals surface area contributed by atoms with Gasteiger partial charge in [-0.2, -0.15) is 0 Å². The second-order valence-corrected chi connectivity index (χ2v) is 4.37. The minimum absolute atomic E-state index is 0.124. The minimum Gasteiger partial charge on any atom is -0.455 e. The zero-order valence-electron chi connectivity index (χ0n) is 10.4. The molecule has 0 amide bonds. The first kappa shape index (κ1) is 14.0. The van der Waals surface area contributed by atoms with Crippen LogP contribution in [0.5, 0.6) is 11.5 Å². The molecular weight excluding hydrogens is 284 g/mol. The number of rotatable bonds is 4. The molecule has 2 rings (SSSR count). The summed E-state index contributed by atoms with van der Waals surface area (Å²) < 4.78 is 5.50. The van der Waals surface area contributed by atoms with Crippen molar-refractivity contribution in [3.63, 3.8) is 0 Å². The average Bonchev–Trinajstić information content (AvgIpc) is 2.38. The van der Waals surface area contributed by atoms with E-state index < -0.39 is 4.92 Å². The number of hydrogen-bond donors (Lipinski definition) is 0. The van der Waals surface area contributed by atoms with Crippen molar-refractivity contribution in [2.24, 2.45) is 0 Å². The number of hydrogen-bond acceptors (Lipinski definition) is 5. The van der Waals surface area contributed by atoms with Gasteiger partial charge in [0.1, 0.15) is 11.5 Å². The Bertz CT molecular complexity index is 688. The molecule has 0 spiro atoms. The summed E-state index contributed by atoms with van der Waals surface area (Å²) in [7, 11) is 0. The summed E-state index contributed by atoms with van der Waals surface area (Å²) in [5.41, 5.74) is -0.0501. The van der Waals surface area contributed by atoms with Gasteiger partial charge in [-0.3, -0.25) is 19.9 Å². The van der Waals surface area contributed by atoms with E-state index in [1.54, 1.807) is 0 Å². The Morgan fingerprint density at radius 2 is 2.10 bits per heavy atom. The van der Waals surface area contributed by atoms with Gasteiger partial charge in [0.25, 0.3) is 5.69 Å². The molecule has 0 saturated heterocycles. The summed E-state index contributed by atoms with van der Waals surface area (Å²) in [5, 5.41) is 11.1. The highest BCUT2D eigenvalue weighted by atomic mass is 35.5. The van der Waals surface area contributed by atoms with E-state index in [0.717, 1.165) is 0 Å². The first-order valence-corrected chi connectivity index (χ1v) is 5.93. The number of non-ortho nitro benzene ring substituents is 1. The molecule has 1 aromatic heterocycles. The maximum absolute atomic E-state index is 11.6. The van der Waals surface area contributed by atoms with Crippen molar-refractivity contribution in [2.75, 3.05) is 0 Å². The van der Waals surface area contributed by atoms with Crippen LogP contribution in [0.25, 0.3) is 0 Å². The highest BCUT2D eigenvalue weighted by Gasteiger charge is 2.15. The third-order valence-electron chi connectivity index (χ3n) is 2.46. The Kier molecular flexibility index (Phi) is 3.95. The molecule has 0 saturated carbocycles. The van der Waals surface area contributed by atoms with Gasteiger partial charge in [0.05, 0.1) is 21.7 Å². The molecule has 0 aliphatic carbocycles. The third-order valence-corrected chi connectivity index (χ3v) is 2.67. The van der Waals surface area contributed by atoms with E-state index >= 15 is 0 Å². The second-order valence-electron chi connectivity index (χ2n) is 3.93. The summed E-state index contributed by atoms with van der Waals surface area (Å²) in [6.07, 6.45) is 2.87. The quantitative estimate of drug-likeness (QED) is 0.488. The number of ketones is 1. The molecule has 7 heteroatoms. The highest BCUT2D eigenvalue weighted by molar-refractivity contribution is 6.30. The molecule has 0 bridgehead atoms. The Hall–Kier alpha value is -2.47. The fraction of sp³-hybridized carbons (Fsp3) is 0.0769. The fourth-order valence-electron chi connectivity index (χ4n) is 1.57. The van der Waals surface area contributed by atoms with Gasteiger partial charge in [-0.15, -0.1) is 0 Å². The van der Waals surface area contributed by atoms with E-state index in [2.05, 4.69) is 4.98 Å². The van der Waals surface area contributed by atoms with Gasteiger partial charge in [-0.05, 0) is 13.0 Å². The molecule has 1 aromatic carbocycles. The van der Waals surface area contributed by atoms with Crippen molar-refractivity contribution in [1.82, 2.24) is 4.98 Å². The molecule has 0 unspecified atom stereocenters. The lowest BCUT2D eigenvalue weighted by Crippen LogP contribution is -1.99. The zero-order chi connectivity index (χ0) is 14.7. The molecule has 0 atom stereocenters. The van der Waals surface area contributed by atoms with Crippen LogP contribution in [-0.4, -0.2) is 15.7 Å². The summed E-state index contributed by atoms with van der Waals surface area (Å²) >= 11 is 5.78. The first-order chi connectivity index (χ1) is 9.47. The van der Waals surface area contributed by atoms with Crippen molar-refractivity contribution in [2.45, 2.75) is 6.92 Å². The van der Waals surface area contributed by atoms with Crippen molar-refractivity contribution >= 4 is 23.1 Å². The van der Waals surface area contributed by atoms with Crippen LogP contribution in [0.1, 0.15) is 17.3 Å². The summed E-state index contributed by atoms with van der Waals surface area (Å²) in [6, 6.07) is 5.34. The van der Waals surface area contributed by atoms with E-state index in [9.17, 15) is 14.9 Å². The molecular formula is C13H9ClN2O4. The molecule has 1 heterocycles. The summed E-state index contributed by atoms with van der Waals surface area (Å²) in [5.74, 6) is 0.222. The van der Waals surface area contributed by atoms with Crippen LogP contribution in [0, 0.1) is 10.1 Å². The number of nitro groups is 1. The Morgan fingerprint density at radius 3 is 2.70 bits per heavy atom. The Morgan fingerprint density at radius 1 is 1.35 bits per heavy atom. The largest absolute Gasteiger partial charge is 0.455 e. The van der Waals surface area contributed by atoms with E-state index in [-0.39, 0.29) is 22.8 Å². The molecule has 6 nitrogen and oxygen atoms in total. The van der Waals surface area contributed by atoms with Gasteiger partial charge < -0.3 is 4.74 Å². The van der Waals surface area contributed by atoms with Crippen molar-refractivity contribution in [3.8, 4) is 11.5 Å². The van der Waals surface area contributed by atoms with Crippen LogP contribution in [0.15, 0.2) is 36.7 Å². The molecule has 20 heavy (non-hydrogen) atoms. The summed E-state index contributed by atoms with van der Waals surface area (Å²) in [6.45, 7) is 1.31. The Labute approximate surface area is 119 Å². The Balaban J connectivity index is 2.41. The molecule has 0 N–H and O–H groups in total. The fourth-order valence-corrected chi connectivity index (χ4v) is 1.73. The molecule has 0 fully saturated rings. The number of pyridine rings is 1. The third kappa shape index (κ3) is 3.10. The lowest BCUT2D eigenvalue weighted by molar-refractivity contribution is -0.384. The summed E-state index contributed by atoms with van der Waals surface area (Å²) in [4.78, 5) is 25.5. The standard InChI is InChI=1S/C13H9ClN2O4/c1-8(17)12-5-10(16(18)19)2-3-13(12)20-11-4-9(14)6-15-7-11/h2-7H,1H3. The topological polar surface area (TPSA) is 82.3 Å². The van der Waals surface area contributed by atoms with E-state index in [1.807, 2.05) is 0 Å². The van der Waals surface area contributed by atoms with Crippen LogP contribution < -0.4 is 4.74 Å². The average molecular weight is 293 g/mol. The van der Waals surface area contributed by atoms with Crippen LogP contribution in [0.2, 0.25) is 5.02 Å². The maximum Gasteiger partial charge on any atom is 0.270 e. The smallest absolute Gasteiger partial charge is 0.270 e. The minimum atomic E-state index is -0.572. The van der Waals surface area contributed by atoms with Crippen molar-refractivity contribution in [3.05, 3.63) is 57.4 Å². The van der Waals surface area contributed by atoms with Crippen LogP contribution in [0.4, 0.5) is 5.69 Å². The molecule has 0 aliphatic heterocycles. The zero-order valence-corrected chi connectivity index (χ0v) is 11.1. The van der Waals surface area contributed by atoms with Crippen molar-refractivity contribution < 1.29 is 14.5 Å². The maximum atomic E-state index is 11.6. The lowest BCUT2D eigenvalue weighted by atomic mass is 10.1. The van der Waals surface area contributed by atoms with Gasteiger partial charge in [-0.25, -0.2) is 0 Å². The number of carbonyl (C=O) groups excluding carboxylic acids is 1. The second kappa shape index (κ2) is 5.66. The number of Topliss-reactive ketones (excluding diaryl/α,β-unsaturated/α-hetero) is 1. The van der Waals surface area contributed by atoms with Gasteiger partial charge in [-0.1, -0.05) is 11.6 Å². The lowest BCUT2D eigenvalue weighted by Gasteiger charge is -2.09. The van der Waals surface area contributed by atoms with Crippen LogP contribution in [-0.2, 0) is 0 Å². The van der Waals surface area contributed by atoms with E-state index in [1.165, 1.54) is 43.6 Å². The first-order valence-electron chi connectivity index (χ1n) is 5.55. The number of benzene rings is 1. The SMILES string of the molecule is CC(=O)c1cc([N+](=O)[O-])ccc1Oc1cncc(Cl)c1. The van der Waals surface area contributed by atoms with Crippen LogP contribution >= 0.6 is 11.6 Å². The van der Waals surface area contributed by atoms with Gasteiger partial charge in [0.15, 0.2) is 5.78 Å². The number of aromatic nitrogens is 1. The number of ether oxygens (including phenoxy) is 1. The van der Waals surface area contributed by atoms with Crippen molar-refractivity contribution in [1.29, 1.82) is 0 Å². The predicted octanol–water partition coefficient (Wildman–Crippen LogP) is 3.64. The monoisotopic (exact) mass is 292 g/mol. The van der Waals surface area contributed by atoms with Gasteiger partial charge in [0.2, 0.25) is 0 Å². The number of nitrogens with zero attached hydrogens (tertiary/aromatic N) is 2. The molecule has 102 valence electrons. The normalized spacial score (nSPS) is 10.1. The van der Waals surface area contributed by atoms with E-state index in [0.29, 0.717) is 10.8 Å². The molecule has 0 aliphatic rings. The van der Waals surface area contributed by atoms with E-state index in [4.69, 9.17) is 16.3 Å². The van der Waals surface area contributed by atoms with Gasteiger partial charge >= 0.3 is 0 Å². The molecule has 0 radical (unpaired) electrons. The number of halogens is 1. The van der Waals surface area contributed by atoms with Gasteiger partial charge in [0, 0.05) is 24.4 Å².